The molecule has 1 aliphatic rings. The number of para-hydroxylation sites is 1. The Balaban J connectivity index is 1.58. The second-order valence-electron chi connectivity index (χ2n) is 11.6. The second kappa shape index (κ2) is 15.2. The first-order valence-corrected chi connectivity index (χ1v) is 17.5. The van der Waals surface area contributed by atoms with Gasteiger partial charge in [-0.15, -0.1) is 0 Å². The van der Waals surface area contributed by atoms with E-state index in [-0.39, 0.29) is 29.8 Å². The highest BCUT2D eigenvalue weighted by atomic mass is 35.5. The minimum atomic E-state index is -4.18. The molecule has 0 spiro atoms. The summed E-state index contributed by atoms with van der Waals surface area (Å²) in [5, 5.41) is 3.85. The number of carbonyl (C=O) groups excluding carboxylic acids is 2. The van der Waals surface area contributed by atoms with Crippen molar-refractivity contribution in [2.24, 2.45) is 0 Å². The summed E-state index contributed by atoms with van der Waals surface area (Å²) >= 11 is 13.2. The van der Waals surface area contributed by atoms with Crippen molar-refractivity contribution in [2.75, 3.05) is 10.8 Å². The van der Waals surface area contributed by atoms with Crippen LogP contribution in [0.4, 0.5) is 5.69 Å². The molecule has 2 amide bonds. The standard InChI is InChI=1S/C36H37Cl2N3O4S/c1-26-19-21-30(22-20-26)46(44,45)41(29-15-6-3-7-16-29)25-35(42)40(24-31-32(37)17-10-18-33(31)38)34(23-27-11-4-2-5-12-27)36(43)39-28-13-8-9-14-28/h2-7,10-12,15-22,28,34H,8-9,13-14,23-25H2,1H3,(H,39,43)/t34-/m1/s1. The highest BCUT2D eigenvalue weighted by molar-refractivity contribution is 7.92. The van der Waals surface area contributed by atoms with E-state index in [1.807, 2.05) is 37.3 Å². The number of amides is 2. The van der Waals surface area contributed by atoms with Gasteiger partial charge in [-0.1, -0.05) is 108 Å². The molecule has 1 fully saturated rings. The van der Waals surface area contributed by atoms with Crippen molar-refractivity contribution in [1.82, 2.24) is 10.2 Å². The van der Waals surface area contributed by atoms with E-state index in [0.717, 1.165) is 41.1 Å². The molecule has 0 aliphatic heterocycles. The lowest BCUT2D eigenvalue weighted by molar-refractivity contribution is -0.140. The second-order valence-corrected chi connectivity index (χ2v) is 14.3. The first kappa shape index (κ1) is 33.5. The van der Waals surface area contributed by atoms with Gasteiger partial charge < -0.3 is 10.2 Å². The molecule has 0 radical (unpaired) electrons. The monoisotopic (exact) mass is 677 g/mol. The van der Waals surface area contributed by atoms with Gasteiger partial charge in [0.2, 0.25) is 11.8 Å². The lowest BCUT2D eigenvalue weighted by Crippen LogP contribution is -2.54. The Morgan fingerprint density at radius 3 is 2.02 bits per heavy atom. The van der Waals surface area contributed by atoms with E-state index >= 15 is 0 Å². The van der Waals surface area contributed by atoms with Gasteiger partial charge in [-0.2, -0.15) is 0 Å². The number of rotatable bonds is 12. The first-order chi connectivity index (χ1) is 22.1. The van der Waals surface area contributed by atoms with Crippen LogP contribution in [0.3, 0.4) is 0 Å². The minimum absolute atomic E-state index is 0.00867. The Hall–Kier alpha value is -3.85. The Morgan fingerprint density at radius 1 is 0.826 bits per heavy atom. The topological polar surface area (TPSA) is 86.8 Å². The number of anilines is 1. The van der Waals surface area contributed by atoms with Gasteiger partial charge in [-0.05, 0) is 61.7 Å². The number of halogens is 2. The van der Waals surface area contributed by atoms with Gasteiger partial charge in [0.25, 0.3) is 10.0 Å². The van der Waals surface area contributed by atoms with E-state index in [4.69, 9.17) is 23.2 Å². The van der Waals surface area contributed by atoms with E-state index in [1.54, 1.807) is 60.7 Å². The van der Waals surface area contributed by atoms with Crippen molar-refractivity contribution in [1.29, 1.82) is 0 Å². The summed E-state index contributed by atoms with van der Waals surface area (Å²) in [7, 11) is -4.18. The van der Waals surface area contributed by atoms with Gasteiger partial charge in [-0.25, -0.2) is 8.42 Å². The van der Waals surface area contributed by atoms with Gasteiger partial charge in [-0.3, -0.25) is 13.9 Å². The summed E-state index contributed by atoms with van der Waals surface area (Å²) in [6.07, 6.45) is 3.99. The lowest BCUT2D eigenvalue weighted by Gasteiger charge is -2.34. The van der Waals surface area contributed by atoms with Gasteiger partial charge in [0.15, 0.2) is 0 Å². The Bertz CT molecular complexity index is 1730. The molecular formula is C36H37Cl2N3O4S. The van der Waals surface area contributed by atoms with E-state index in [2.05, 4.69) is 5.32 Å². The lowest BCUT2D eigenvalue weighted by atomic mass is 10.0. The summed E-state index contributed by atoms with van der Waals surface area (Å²) in [4.78, 5) is 30.2. The largest absolute Gasteiger partial charge is 0.352 e. The molecule has 1 atom stereocenters. The maximum atomic E-state index is 14.6. The smallest absolute Gasteiger partial charge is 0.264 e. The fourth-order valence-electron chi connectivity index (χ4n) is 5.74. The molecule has 46 heavy (non-hydrogen) atoms. The third-order valence-corrected chi connectivity index (χ3v) is 10.8. The van der Waals surface area contributed by atoms with E-state index in [9.17, 15) is 18.0 Å². The zero-order chi connectivity index (χ0) is 32.7. The molecule has 4 aromatic carbocycles. The maximum absolute atomic E-state index is 14.6. The average Bonchev–Trinajstić information content (AvgIpc) is 3.56. The molecule has 0 heterocycles. The molecule has 5 rings (SSSR count). The van der Waals surface area contributed by atoms with Crippen molar-refractivity contribution in [3.05, 3.63) is 130 Å². The fourth-order valence-corrected chi connectivity index (χ4v) is 7.67. The number of benzene rings is 4. The number of hydrogen-bond acceptors (Lipinski definition) is 4. The Kier molecular flexibility index (Phi) is 11.0. The van der Waals surface area contributed by atoms with Crippen molar-refractivity contribution in [2.45, 2.75) is 62.6 Å². The van der Waals surface area contributed by atoms with Crippen LogP contribution in [0.1, 0.15) is 42.4 Å². The summed E-state index contributed by atoms with van der Waals surface area (Å²) < 4.78 is 29.3. The van der Waals surface area contributed by atoms with Crippen LogP contribution in [-0.4, -0.2) is 43.8 Å². The van der Waals surface area contributed by atoms with Crippen LogP contribution in [0.2, 0.25) is 10.0 Å². The fraction of sp³-hybridized carbons (Fsp3) is 0.278. The molecule has 240 valence electrons. The SMILES string of the molecule is Cc1ccc(S(=O)(=O)N(CC(=O)N(Cc2c(Cl)cccc2Cl)[C@H](Cc2ccccc2)C(=O)NC2CCCC2)c2ccccc2)cc1. The molecule has 1 aliphatic carbocycles. The highest BCUT2D eigenvalue weighted by Crippen LogP contribution is 2.29. The predicted octanol–water partition coefficient (Wildman–Crippen LogP) is 7.20. The number of aryl methyl sites for hydroxylation is 1. The molecule has 0 aromatic heterocycles. The van der Waals surface area contributed by atoms with Gasteiger partial charge in [0.1, 0.15) is 12.6 Å². The zero-order valence-electron chi connectivity index (χ0n) is 25.6. The summed E-state index contributed by atoms with van der Waals surface area (Å²) in [5.41, 5.74) is 2.55. The normalized spacial score (nSPS) is 14.1. The van der Waals surface area contributed by atoms with E-state index < -0.39 is 28.5 Å². The number of hydrogen-bond donors (Lipinski definition) is 1. The van der Waals surface area contributed by atoms with Crippen LogP contribution in [0.15, 0.2) is 108 Å². The summed E-state index contributed by atoms with van der Waals surface area (Å²) in [6, 6.07) is 28.5. The van der Waals surface area contributed by atoms with Crippen molar-refractivity contribution in [3.63, 3.8) is 0 Å². The van der Waals surface area contributed by atoms with Crippen molar-refractivity contribution >= 4 is 50.7 Å². The van der Waals surface area contributed by atoms with Gasteiger partial charge in [0, 0.05) is 34.6 Å². The zero-order valence-corrected chi connectivity index (χ0v) is 27.9. The minimum Gasteiger partial charge on any atom is -0.352 e. The molecule has 4 aromatic rings. The molecular weight excluding hydrogens is 641 g/mol. The molecule has 0 unspecified atom stereocenters. The maximum Gasteiger partial charge on any atom is 0.264 e. The molecule has 0 saturated heterocycles. The Morgan fingerprint density at radius 2 is 1.41 bits per heavy atom. The third-order valence-electron chi connectivity index (χ3n) is 8.29. The number of carbonyl (C=O) groups is 2. The predicted molar refractivity (Wildman–Crippen MR) is 183 cm³/mol. The molecule has 1 saturated carbocycles. The quantitative estimate of drug-likeness (QED) is 0.172. The summed E-state index contributed by atoms with van der Waals surface area (Å²) in [6.45, 7) is 1.22. The Labute approximate surface area is 281 Å². The first-order valence-electron chi connectivity index (χ1n) is 15.3. The highest BCUT2D eigenvalue weighted by Gasteiger charge is 2.36. The van der Waals surface area contributed by atoms with Crippen LogP contribution in [0.5, 0.6) is 0 Å². The van der Waals surface area contributed by atoms with Crippen molar-refractivity contribution in [3.8, 4) is 0 Å². The average molecular weight is 679 g/mol. The van der Waals surface area contributed by atoms with Crippen LogP contribution in [0, 0.1) is 6.92 Å². The van der Waals surface area contributed by atoms with Crippen molar-refractivity contribution < 1.29 is 18.0 Å². The van der Waals surface area contributed by atoms with Crippen LogP contribution in [0.25, 0.3) is 0 Å². The van der Waals surface area contributed by atoms with Crippen LogP contribution in [-0.2, 0) is 32.6 Å². The molecule has 1 N–H and O–H groups in total. The molecule has 0 bridgehead atoms. The van der Waals surface area contributed by atoms with Gasteiger partial charge in [0.05, 0.1) is 10.6 Å². The van der Waals surface area contributed by atoms with Gasteiger partial charge >= 0.3 is 0 Å². The number of sulfonamides is 1. The van der Waals surface area contributed by atoms with Crippen LogP contribution < -0.4 is 9.62 Å². The van der Waals surface area contributed by atoms with E-state index in [0.29, 0.717) is 21.3 Å². The third kappa shape index (κ3) is 8.10. The number of nitrogens with one attached hydrogen (secondary N) is 1. The number of nitrogens with zero attached hydrogens (tertiary/aromatic N) is 2. The molecule has 7 nitrogen and oxygen atoms in total. The molecule has 10 heteroatoms. The summed E-state index contributed by atoms with van der Waals surface area (Å²) in [5.74, 6) is -0.877. The van der Waals surface area contributed by atoms with Crippen LogP contribution >= 0.6 is 23.2 Å². The van der Waals surface area contributed by atoms with E-state index in [1.165, 1.54) is 17.0 Å².